The number of methoxy groups -OCH3 is 1. The van der Waals surface area contributed by atoms with Crippen molar-refractivity contribution in [1.29, 1.82) is 0 Å². The van der Waals surface area contributed by atoms with Crippen molar-refractivity contribution in [1.82, 2.24) is 0 Å². The van der Waals surface area contributed by atoms with Crippen LogP contribution < -0.4 is 11.1 Å². The van der Waals surface area contributed by atoms with E-state index in [1.165, 1.54) is 10.5 Å². The minimum atomic E-state index is 0.198. The number of hydrogen-bond donors (Lipinski definition) is 2. The summed E-state index contributed by atoms with van der Waals surface area (Å²) in [4.78, 5) is 1.23. The molecule has 16 heavy (non-hydrogen) atoms. The molecule has 1 aromatic carbocycles. The van der Waals surface area contributed by atoms with Gasteiger partial charge in [-0.3, -0.25) is 0 Å². The summed E-state index contributed by atoms with van der Waals surface area (Å²) in [6, 6.07) is 6.20. The zero-order valence-corrected chi connectivity index (χ0v) is 10.9. The second-order valence-electron chi connectivity index (χ2n) is 3.62. The molecule has 0 fully saturated rings. The molecule has 0 aromatic heterocycles. The maximum absolute atomic E-state index is 5.78. The van der Waals surface area contributed by atoms with Crippen molar-refractivity contribution in [2.45, 2.75) is 24.5 Å². The Balaban J connectivity index is 2.78. The van der Waals surface area contributed by atoms with Gasteiger partial charge in [0.05, 0.1) is 6.10 Å². The lowest BCUT2D eigenvalue weighted by molar-refractivity contribution is 0.129. The molecule has 0 aliphatic heterocycles. The Morgan fingerprint density at radius 1 is 1.50 bits per heavy atom. The van der Waals surface area contributed by atoms with Gasteiger partial charge in [0.1, 0.15) is 0 Å². The van der Waals surface area contributed by atoms with Crippen molar-refractivity contribution < 1.29 is 4.74 Å². The summed E-state index contributed by atoms with van der Waals surface area (Å²) in [5, 5.41) is 3.37. The lowest BCUT2D eigenvalue weighted by Gasteiger charge is -2.16. The lowest BCUT2D eigenvalue weighted by atomic mass is 10.1. The molecule has 0 saturated carbocycles. The topological polar surface area (TPSA) is 47.3 Å². The number of nitrogens with two attached hydrogens (primary N) is 1. The lowest BCUT2D eigenvalue weighted by Crippen LogP contribution is -2.19. The third kappa shape index (κ3) is 3.40. The minimum Gasteiger partial charge on any atom is -0.382 e. The molecule has 0 radical (unpaired) electrons. The van der Waals surface area contributed by atoms with Gasteiger partial charge in [0, 0.05) is 36.3 Å². The first-order valence-electron chi connectivity index (χ1n) is 5.35. The molecule has 4 heteroatoms. The van der Waals surface area contributed by atoms with Crippen LogP contribution in [-0.4, -0.2) is 26.0 Å². The van der Waals surface area contributed by atoms with Gasteiger partial charge >= 0.3 is 0 Å². The van der Waals surface area contributed by atoms with Gasteiger partial charge in [-0.2, -0.15) is 0 Å². The van der Waals surface area contributed by atoms with E-state index in [4.69, 9.17) is 10.5 Å². The van der Waals surface area contributed by atoms with Gasteiger partial charge in [-0.05, 0) is 25.3 Å². The maximum atomic E-state index is 5.78. The van der Waals surface area contributed by atoms with Gasteiger partial charge in [-0.25, -0.2) is 0 Å². The minimum absolute atomic E-state index is 0.198. The molecular formula is C12H20N2OS. The summed E-state index contributed by atoms with van der Waals surface area (Å²) in [5.74, 6) is 0. The molecule has 0 bridgehead atoms. The summed E-state index contributed by atoms with van der Waals surface area (Å²) in [7, 11) is 1.72. The molecule has 1 rings (SSSR count). The van der Waals surface area contributed by atoms with Crippen molar-refractivity contribution in [3.8, 4) is 0 Å². The van der Waals surface area contributed by atoms with Crippen molar-refractivity contribution in [2.75, 3.05) is 25.2 Å². The highest BCUT2D eigenvalue weighted by Crippen LogP contribution is 2.26. The fraction of sp³-hybridized carbons (Fsp3) is 0.500. The fourth-order valence-corrected chi connectivity index (χ4v) is 2.12. The van der Waals surface area contributed by atoms with E-state index in [2.05, 4.69) is 23.7 Å². The normalized spacial score (nSPS) is 12.5. The number of rotatable bonds is 6. The number of ether oxygens (including phenoxy) is 1. The van der Waals surface area contributed by atoms with Crippen LogP contribution in [0.4, 0.5) is 5.69 Å². The third-order valence-electron chi connectivity index (χ3n) is 2.54. The predicted octanol–water partition coefficient (Wildman–Crippen LogP) is 2.31. The third-order valence-corrected chi connectivity index (χ3v) is 3.36. The molecule has 1 unspecified atom stereocenters. The van der Waals surface area contributed by atoms with E-state index in [9.17, 15) is 0 Å². The van der Waals surface area contributed by atoms with Crippen LogP contribution in [0.25, 0.3) is 0 Å². The highest BCUT2D eigenvalue weighted by molar-refractivity contribution is 7.98. The Bertz CT molecular complexity index is 331. The van der Waals surface area contributed by atoms with Crippen LogP contribution in [0.3, 0.4) is 0 Å². The molecular weight excluding hydrogens is 220 g/mol. The largest absolute Gasteiger partial charge is 0.382 e. The van der Waals surface area contributed by atoms with Crippen molar-refractivity contribution >= 4 is 17.4 Å². The number of nitrogens with one attached hydrogen (secondary N) is 1. The number of benzene rings is 1. The Morgan fingerprint density at radius 2 is 2.25 bits per heavy atom. The standard InChI is InChI=1S/C12H20N2OS/c1-9(15-2)8-14-11-5-4-6-12(16-3)10(11)7-13/h4-6,9,14H,7-8,13H2,1-3H3. The Kier molecular flexibility index (Phi) is 5.66. The van der Waals surface area contributed by atoms with Crippen LogP contribution in [-0.2, 0) is 11.3 Å². The van der Waals surface area contributed by atoms with Gasteiger partial charge in [-0.15, -0.1) is 11.8 Å². The monoisotopic (exact) mass is 240 g/mol. The molecule has 3 nitrogen and oxygen atoms in total. The summed E-state index contributed by atoms with van der Waals surface area (Å²) < 4.78 is 5.20. The van der Waals surface area contributed by atoms with Crippen LogP contribution >= 0.6 is 11.8 Å². The summed E-state index contributed by atoms with van der Waals surface area (Å²) >= 11 is 1.72. The average molecular weight is 240 g/mol. The van der Waals surface area contributed by atoms with E-state index in [0.717, 1.165) is 12.2 Å². The zero-order chi connectivity index (χ0) is 12.0. The van der Waals surface area contributed by atoms with Crippen LogP contribution in [0.15, 0.2) is 23.1 Å². The fourth-order valence-electron chi connectivity index (χ4n) is 1.47. The van der Waals surface area contributed by atoms with Gasteiger partial charge in [0.2, 0.25) is 0 Å². The first-order chi connectivity index (χ1) is 7.72. The smallest absolute Gasteiger partial charge is 0.0715 e. The van der Waals surface area contributed by atoms with Crippen LogP contribution in [0.2, 0.25) is 0 Å². The van der Waals surface area contributed by atoms with Gasteiger partial charge < -0.3 is 15.8 Å². The molecule has 0 aliphatic carbocycles. The van der Waals surface area contributed by atoms with E-state index in [1.54, 1.807) is 18.9 Å². The van der Waals surface area contributed by atoms with Gasteiger partial charge in [0.15, 0.2) is 0 Å². The van der Waals surface area contributed by atoms with Gasteiger partial charge in [0.25, 0.3) is 0 Å². The molecule has 90 valence electrons. The molecule has 1 atom stereocenters. The van der Waals surface area contributed by atoms with Gasteiger partial charge in [-0.1, -0.05) is 6.07 Å². The van der Waals surface area contributed by atoms with E-state index >= 15 is 0 Å². The summed E-state index contributed by atoms with van der Waals surface area (Å²) in [6.07, 6.45) is 2.26. The average Bonchev–Trinajstić information content (AvgIpc) is 2.34. The molecule has 0 aliphatic rings. The number of thioether (sulfide) groups is 1. The molecule has 0 amide bonds. The summed E-state index contributed by atoms with van der Waals surface area (Å²) in [5.41, 5.74) is 8.07. The molecule has 3 N–H and O–H groups in total. The van der Waals surface area contributed by atoms with E-state index in [-0.39, 0.29) is 6.10 Å². The van der Waals surface area contributed by atoms with Crippen LogP contribution in [0.5, 0.6) is 0 Å². The maximum Gasteiger partial charge on any atom is 0.0715 e. The van der Waals surface area contributed by atoms with Crippen molar-refractivity contribution in [2.24, 2.45) is 5.73 Å². The van der Waals surface area contributed by atoms with Crippen LogP contribution in [0, 0.1) is 0 Å². The van der Waals surface area contributed by atoms with E-state index in [1.807, 2.05) is 13.0 Å². The van der Waals surface area contributed by atoms with E-state index < -0.39 is 0 Å². The molecule has 1 aromatic rings. The quantitative estimate of drug-likeness (QED) is 0.749. The number of anilines is 1. The number of hydrogen-bond acceptors (Lipinski definition) is 4. The van der Waals surface area contributed by atoms with Crippen molar-refractivity contribution in [3.05, 3.63) is 23.8 Å². The summed E-state index contributed by atoms with van der Waals surface area (Å²) in [6.45, 7) is 3.38. The Labute approximate surface area is 102 Å². The highest BCUT2D eigenvalue weighted by atomic mass is 32.2. The molecule has 0 spiro atoms. The highest BCUT2D eigenvalue weighted by Gasteiger charge is 2.07. The Hall–Kier alpha value is -0.710. The van der Waals surface area contributed by atoms with Crippen molar-refractivity contribution in [3.63, 3.8) is 0 Å². The zero-order valence-electron chi connectivity index (χ0n) is 10.1. The molecule has 0 saturated heterocycles. The second kappa shape index (κ2) is 6.78. The first-order valence-corrected chi connectivity index (χ1v) is 6.58. The Morgan fingerprint density at radius 3 is 2.81 bits per heavy atom. The second-order valence-corrected chi connectivity index (χ2v) is 4.47. The first kappa shape index (κ1) is 13.4. The predicted molar refractivity (Wildman–Crippen MR) is 71.1 cm³/mol. The van der Waals surface area contributed by atoms with E-state index in [0.29, 0.717) is 6.54 Å². The SMILES string of the molecule is COC(C)CNc1cccc(SC)c1CN. The van der Waals surface area contributed by atoms with Crippen LogP contribution in [0.1, 0.15) is 12.5 Å². The molecule has 0 heterocycles.